The number of ether oxygens (including phenoxy) is 3. The fourth-order valence-electron chi connectivity index (χ4n) is 2.88. The molecule has 146 valence electrons. The molecule has 0 aliphatic rings. The van der Waals surface area contributed by atoms with Crippen LogP contribution in [-0.4, -0.2) is 43.8 Å². The molecule has 27 heavy (non-hydrogen) atoms. The van der Waals surface area contributed by atoms with Gasteiger partial charge in [0.25, 0.3) is 0 Å². The zero-order chi connectivity index (χ0) is 20.0. The zero-order valence-corrected chi connectivity index (χ0v) is 17.6. The molecule has 0 fully saturated rings. The number of ketones is 1. The predicted octanol–water partition coefficient (Wildman–Crippen LogP) is 3.95. The van der Waals surface area contributed by atoms with Crippen molar-refractivity contribution in [3.63, 3.8) is 0 Å². The molecule has 1 aromatic heterocycles. The van der Waals surface area contributed by atoms with Crippen LogP contribution in [0, 0.1) is 13.8 Å². The van der Waals surface area contributed by atoms with E-state index in [1.807, 2.05) is 19.9 Å². The second kappa shape index (κ2) is 9.71. The summed E-state index contributed by atoms with van der Waals surface area (Å²) in [5.74, 6) is -0.0332. The van der Waals surface area contributed by atoms with Gasteiger partial charge >= 0.3 is 5.97 Å². The molecule has 0 amide bonds. The van der Waals surface area contributed by atoms with Gasteiger partial charge < -0.3 is 18.8 Å². The smallest absolute Gasteiger partial charge is 0.337 e. The van der Waals surface area contributed by atoms with Crippen LogP contribution in [0.4, 0.5) is 0 Å². The first-order valence-electron chi connectivity index (χ1n) is 8.58. The third-order valence-electron chi connectivity index (χ3n) is 4.32. The average molecular weight is 438 g/mol. The number of Topliss-reactive ketones (excluding diaryl/α,β-unsaturated/α-hetero) is 1. The van der Waals surface area contributed by atoms with Crippen LogP contribution in [0.5, 0.6) is 5.75 Å². The summed E-state index contributed by atoms with van der Waals surface area (Å²) in [6.07, 6.45) is 0.885. The minimum absolute atomic E-state index is 0.0848. The lowest BCUT2D eigenvalue weighted by Crippen LogP contribution is -2.13. The number of hydrogen-bond donors (Lipinski definition) is 0. The van der Waals surface area contributed by atoms with E-state index in [0.717, 1.165) is 24.4 Å². The van der Waals surface area contributed by atoms with Gasteiger partial charge in [-0.25, -0.2) is 4.79 Å². The summed E-state index contributed by atoms with van der Waals surface area (Å²) in [4.78, 5) is 24.2. The summed E-state index contributed by atoms with van der Waals surface area (Å²) in [5, 5.41) is 0. The van der Waals surface area contributed by atoms with E-state index >= 15 is 0 Å². The highest BCUT2D eigenvalue weighted by molar-refractivity contribution is 9.10. The maximum Gasteiger partial charge on any atom is 0.337 e. The highest BCUT2D eigenvalue weighted by Gasteiger charge is 2.17. The van der Waals surface area contributed by atoms with E-state index in [4.69, 9.17) is 9.47 Å². The minimum Gasteiger partial charge on any atom is -0.484 e. The first kappa shape index (κ1) is 21.2. The van der Waals surface area contributed by atoms with Crippen LogP contribution in [0.2, 0.25) is 0 Å². The topological polar surface area (TPSA) is 66.8 Å². The zero-order valence-electron chi connectivity index (χ0n) is 16.0. The number of nitrogens with zero attached hydrogens (tertiary/aromatic N) is 1. The number of benzene rings is 1. The molecule has 0 aliphatic carbocycles. The molecular weight excluding hydrogens is 414 g/mol. The Hall–Kier alpha value is -2.12. The van der Waals surface area contributed by atoms with Crippen molar-refractivity contribution in [1.29, 1.82) is 0 Å². The van der Waals surface area contributed by atoms with Crippen molar-refractivity contribution in [2.24, 2.45) is 0 Å². The number of hydrogen-bond acceptors (Lipinski definition) is 5. The van der Waals surface area contributed by atoms with Crippen molar-refractivity contribution >= 4 is 27.7 Å². The van der Waals surface area contributed by atoms with Gasteiger partial charge in [0, 0.05) is 37.2 Å². The van der Waals surface area contributed by atoms with Crippen molar-refractivity contribution in [1.82, 2.24) is 4.57 Å². The van der Waals surface area contributed by atoms with Crippen LogP contribution in [0.1, 0.15) is 38.5 Å². The standard InChI is InChI=1S/C20H24BrNO5/c1-13-10-16(14(2)22(13)8-5-9-25-3)18(23)12-27-19-7-6-15(11-17(19)21)20(24)26-4/h6-7,10-11H,5,8-9,12H2,1-4H3. The van der Waals surface area contributed by atoms with E-state index in [0.29, 0.717) is 28.0 Å². The summed E-state index contributed by atoms with van der Waals surface area (Å²) >= 11 is 3.36. The third kappa shape index (κ3) is 5.20. The normalized spacial score (nSPS) is 10.7. The molecule has 0 saturated heterocycles. The van der Waals surface area contributed by atoms with Gasteiger partial charge in [-0.2, -0.15) is 0 Å². The van der Waals surface area contributed by atoms with Crippen LogP contribution in [0.3, 0.4) is 0 Å². The lowest BCUT2D eigenvalue weighted by atomic mass is 10.1. The average Bonchev–Trinajstić information content (AvgIpc) is 2.94. The molecular formula is C20H24BrNO5. The Morgan fingerprint density at radius 3 is 2.52 bits per heavy atom. The van der Waals surface area contributed by atoms with E-state index in [-0.39, 0.29) is 12.4 Å². The molecule has 0 atom stereocenters. The van der Waals surface area contributed by atoms with E-state index in [1.165, 1.54) is 7.11 Å². The summed E-state index contributed by atoms with van der Waals surface area (Å²) in [6, 6.07) is 6.73. The van der Waals surface area contributed by atoms with Gasteiger partial charge in [-0.05, 0) is 60.5 Å². The number of carbonyl (C=O) groups is 2. The summed E-state index contributed by atoms with van der Waals surface area (Å²) in [7, 11) is 3.00. The van der Waals surface area contributed by atoms with Crippen molar-refractivity contribution in [2.45, 2.75) is 26.8 Å². The summed E-state index contributed by atoms with van der Waals surface area (Å²) < 4.78 is 18.1. The maximum atomic E-state index is 12.6. The Labute approximate surface area is 167 Å². The Morgan fingerprint density at radius 1 is 1.15 bits per heavy atom. The molecule has 2 rings (SSSR count). The Morgan fingerprint density at radius 2 is 1.89 bits per heavy atom. The number of esters is 1. The van der Waals surface area contributed by atoms with Gasteiger partial charge in [0.1, 0.15) is 5.75 Å². The maximum absolute atomic E-state index is 12.6. The number of rotatable bonds is 9. The van der Waals surface area contributed by atoms with Gasteiger partial charge in [-0.3, -0.25) is 4.79 Å². The molecule has 0 saturated carbocycles. The number of halogens is 1. The molecule has 2 aromatic rings. The Kier molecular flexibility index (Phi) is 7.62. The molecule has 0 bridgehead atoms. The van der Waals surface area contributed by atoms with Gasteiger partial charge in [-0.1, -0.05) is 0 Å². The molecule has 0 N–H and O–H groups in total. The number of carbonyl (C=O) groups excluding carboxylic acids is 2. The largest absolute Gasteiger partial charge is 0.484 e. The fourth-order valence-corrected chi connectivity index (χ4v) is 3.37. The van der Waals surface area contributed by atoms with E-state index in [9.17, 15) is 9.59 Å². The molecule has 0 spiro atoms. The molecule has 6 nitrogen and oxygen atoms in total. The summed E-state index contributed by atoms with van der Waals surface area (Å²) in [6.45, 7) is 5.32. The van der Waals surface area contributed by atoms with Gasteiger partial charge in [0.15, 0.2) is 6.61 Å². The van der Waals surface area contributed by atoms with E-state index in [1.54, 1.807) is 25.3 Å². The first-order chi connectivity index (χ1) is 12.9. The SMILES string of the molecule is COCCCn1c(C)cc(C(=O)COc2ccc(C(=O)OC)cc2Br)c1C. The van der Waals surface area contributed by atoms with Crippen molar-refractivity contribution in [2.75, 3.05) is 27.4 Å². The molecule has 0 radical (unpaired) electrons. The molecule has 1 aromatic carbocycles. The van der Waals surface area contributed by atoms with Crippen LogP contribution in [-0.2, 0) is 16.0 Å². The number of aryl methyl sites for hydroxylation is 1. The monoisotopic (exact) mass is 437 g/mol. The minimum atomic E-state index is -0.431. The molecule has 0 aliphatic heterocycles. The third-order valence-corrected chi connectivity index (χ3v) is 4.94. The quantitative estimate of drug-likeness (QED) is 0.337. The number of methoxy groups -OCH3 is 2. The molecule has 0 unspecified atom stereocenters. The highest BCUT2D eigenvalue weighted by Crippen LogP contribution is 2.27. The lowest BCUT2D eigenvalue weighted by Gasteiger charge is -2.10. The second-order valence-electron chi connectivity index (χ2n) is 6.13. The second-order valence-corrected chi connectivity index (χ2v) is 6.99. The molecule has 1 heterocycles. The van der Waals surface area contributed by atoms with Crippen molar-refractivity contribution in [3.05, 3.63) is 51.3 Å². The van der Waals surface area contributed by atoms with Crippen molar-refractivity contribution in [3.8, 4) is 5.75 Å². The Balaban J connectivity index is 2.06. The molecule has 7 heteroatoms. The van der Waals surface area contributed by atoms with E-state index < -0.39 is 5.97 Å². The van der Waals surface area contributed by atoms with Gasteiger partial charge in [0.05, 0.1) is 17.1 Å². The first-order valence-corrected chi connectivity index (χ1v) is 9.37. The van der Waals surface area contributed by atoms with Crippen LogP contribution >= 0.6 is 15.9 Å². The van der Waals surface area contributed by atoms with Crippen molar-refractivity contribution < 1.29 is 23.8 Å². The Bertz CT molecular complexity index is 828. The lowest BCUT2D eigenvalue weighted by molar-refractivity contribution is 0.0600. The van der Waals surface area contributed by atoms with Crippen LogP contribution in [0.15, 0.2) is 28.7 Å². The number of aromatic nitrogens is 1. The van der Waals surface area contributed by atoms with Gasteiger partial charge in [-0.15, -0.1) is 0 Å². The van der Waals surface area contributed by atoms with Gasteiger partial charge in [0.2, 0.25) is 5.78 Å². The van der Waals surface area contributed by atoms with Crippen LogP contribution in [0.25, 0.3) is 0 Å². The highest BCUT2D eigenvalue weighted by atomic mass is 79.9. The predicted molar refractivity (Wildman–Crippen MR) is 106 cm³/mol. The fraction of sp³-hybridized carbons (Fsp3) is 0.400. The van der Waals surface area contributed by atoms with Crippen LogP contribution < -0.4 is 4.74 Å². The van der Waals surface area contributed by atoms with E-state index in [2.05, 4.69) is 25.2 Å². The summed E-state index contributed by atoms with van der Waals surface area (Å²) in [5.41, 5.74) is 3.03.